The van der Waals surface area contributed by atoms with Crippen LogP contribution in [0.1, 0.15) is 62.0 Å². The van der Waals surface area contributed by atoms with Gasteiger partial charge in [0, 0.05) is 54.4 Å². The van der Waals surface area contributed by atoms with Crippen LogP contribution in [0.2, 0.25) is 10.0 Å². The number of halogens is 2. The number of hydroxylamine groups is 1. The van der Waals surface area contributed by atoms with E-state index < -0.39 is 27.8 Å². The summed E-state index contributed by atoms with van der Waals surface area (Å²) < 4.78 is 34.6. The lowest BCUT2D eigenvalue weighted by Crippen LogP contribution is -2.62. The van der Waals surface area contributed by atoms with Crippen LogP contribution in [0.25, 0.3) is 0 Å². The molecule has 282 valence electrons. The summed E-state index contributed by atoms with van der Waals surface area (Å²) in [6, 6.07) is 16.9. The first-order valence-electron chi connectivity index (χ1n) is 17.2. The van der Waals surface area contributed by atoms with Gasteiger partial charge in [0.2, 0.25) is 5.91 Å². The number of sulfonamides is 1. The molecule has 3 aromatic carbocycles. The highest BCUT2D eigenvalue weighted by atomic mass is 35.5. The largest absolute Gasteiger partial charge is 0.493 e. The molecule has 0 bridgehead atoms. The van der Waals surface area contributed by atoms with Crippen LogP contribution in [-0.4, -0.2) is 93.5 Å². The van der Waals surface area contributed by atoms with Crippen LogP contribution in [0.4, 0.5) is 0 Å². The molecule has 0 spiro atoms. The van der Waals surface area contributed by atoms with Crippen LogP contribution in [0.15, 0.2) is 65.6 Å². The Morgan fingerprint density at radius 3 is 1.92 bits per heavy atom. The number of hydrogen-bond donors (Lipinski definition) is 3. The Kier molecular flexibility index (Phi) is 12.3. The van der Waals surface area contributed by atoms with Gasteiger partial charge in [-0.2, -0.15) is 0 Å². The number of aryl methyl sites for hydroxylation is 1. The van der Waals surface area contributed by atoms with Gasteiger partial charge in [-0.15, -0.1) is 0 Å². The molecule has 15 heteroatoms. The van der Waals surface area contributed by atoms with E-state index in [0.29, 0.717) is 53.1 Å². The topological polar surface area (TPSA) is 133 Å². The molecule has 12 nitrogen and oxygen atoms in total. The number of piperazine rings is 1. The highest BCUT2D eigenvalue weighted by molar-refractivity contribution is 7.89. The fourth-order valence-electron chi connectivity index (χ4n) is 6.71. The summed E-state index contributed by atoms with van der Waals surface area (Å²) in [6.07, 6.45) is 0. The minimum Gasteiger partial charge on any atom is -0.493 e. The van der Waals surface area contributed by atoms with Crippen molar-refractivity contribution >= 4 is 45.0 Å². The Balaban J connectivity index is 1.65. The van der Waals surface area contributed by atoms with Gasteiger partial charge in [-0.25, -0.2) is 8.42 Å². The lowest BCUT2D eigenvalue weighted by atomic mass is 9.95. The van der Waals surface area contributed by atoms with Gasteiger partial charge in [0.25, 0.3) is 15.9 Å². The van der Waals surface area contributed by atoms with E-state index in [2.05, 4.69) is 16.0 Å². The molecule has 3 aromatic rings. The number of nitrogens with one attached hydrogen (secondary N) is 3. The fraction of sp³-hybridized carbons (Fsp3) is 0.459. The molecule has 2 amide bonds. The van der Waals surface area contributed by atoms with E-state index in [1.807, 2.05) is 56.9 Å². The molecule has 52 heavy (non-hydrogen) atoms. The van der Waals surface area contributed by atoms with Gasteiger partial charge in [-0.3, -0.25) is 30.0 Å². The molecule has 2 fully saturated rings. The summed E-state index contributed by atoms with van der Waals surface area (Å²) in [5.74, 6) is -0.0679. The van der Waals surface area contributed by atoms with Crippen molar-refractivity contribution in [2.24, 2.45) is 0 Å². The summed E-state index contributed by atoms with van der Waals surface area (Å²) in [6.45, 7) is 11.4. The molecule has 0 radical (unpaired) electrons. The Morgan fingerprint density at radius 2 is 1.46 bits per heavy atom. The van der Waals surface area contributed by atoms with Crippen molar-refractivity contribution in [1.29, 1.82) is 0 Å². The van der Waals surface area contributed by atoms with Crippen molar-refractivity contribution < 1.29 is 27.6 Å². The molecule has 1 unspecified atom stereocenters. The van der Waals surface area contributed by atoms with Crippen molar-refractivity contribution in [2.45, 2.75) is 62.8 Å². The molecule has 5 rings (SSSR count). The van der Waals surface area contributed by atoms with Crippen LogP contribution < -0.4 is 20.7 Å². The van der Waals surface area contributed by atoms with E-state index in [1.54, 1.807) is 42.2 Å². The summed E-state index contributed by atoms with van der Waals surface area (Å²) in [5.41, 5.74) is 0.363. The van der Waals surface area contributed by atoms with E-state index in [0.717, 1.165) is 15.6 Å². The summed E-state index contributed by atoms with van der Waals surface area (Å²) in [7, 11) is -1.57. The zero-order valence-corrected chi connectivity index (χ0v) is 33.0. The quantitative estimate of drug-likeness (QED) is 0.236. The van der Waals surface area contributed by atoms with E-state index in [4.69, 9.17) is 32.8 Å². The van der Waals surface area contributed by atoms with Crippen molar-refractivity contribution in [3.05, 3.63) is 93.0 Å². The third kappa shape index (κ3) is 8.58. The lowest BCUT2D eigenvalue weighted by Gasteiger charge is -2.41. The standard InChI is InChI=1S/C37H48Cl2N6O6S/c1-8-51-30-21-24(2)31(52(48,49)43(6)50-7)22-29(30)37(35(47)45-19-17-44(18-20-45)23-32(46)40-36(3,4)5)41-33(25-9-13-27(38)14-10-25)34(42-37)26-11-15-28(39)16-12-26/h9-16,21-22,33-34,41-42H,8,17-20,23H2,1-7H3,(H,40,46)/t33-,34+,37?. The first-order chi connectivity index (χ1) is 24.5. The molecule has 0 aliphatic carbocycles. The number of benzene rings is 3. The first kappa shape index (κ1) is 39.9. The molecule has 2 aliphatic rings. The average Bonchev–Trinajstić information content (AvgIpc) is 3.49. The van der Waals surface area contributed by atoms with E-state index in [1.165, 1.54) is 20.2 Å². The molecular weight excluding hydrogens is 727 g/mol. The van der Waals surface area contributed by atoms with Gasteiger partial charge in [0.05, 0.1) is 37.2 Å². The maximum absolute atomic E-state index is 15.3. The normalized spacial score (nSPS) is 21.4. The monoisotopic (exact) mass is 774 g/mol. The summed E-state index contributed by atoms with van der Waals surface area (Å²) in [5, 5.41) is 11.4. The number of rotatable bonds is 11. The van der Waals surface area contributed by atoms with Gasteiger partial charge in [-0.1, -0.05) is 51.9 Å². The second-order valence-corrected chi connectivity index (χ2v) is 16.9. The van der Waals surface area contributed by atoms with Crippen molar-refractivity contribution in [2.75, 3.05) is 53.5 Å². The van der Waals surface area contributed by atoms with Crippen LogP contribution >= 0.6 is 23.2 Å². The van der Waals surface area contributed by atoms with Crippen LogP contribution in [0, 0.1) is 6.92 Å². The van der Waals surface area contributed by atoms with Gasteiger partial charge in [-0.05, 0) is 87.7 Å². The smallest absolute Gasteiger partial charge is 0.265 e. The highest BCUT2D eigenvalue weighted by Crippen LogP contribution is 2.46. The fourth-order valence-corrected chi connectivity index (χ4v) is 8.17. The molecule has 0 aromatic heterocycles. The predicted molar refractivity (Wildman–Crippen MR) is 202 cm³/mol. The summed E-state index contributed by atoms with van der Waals surface area (Å²) >= 11 is 12.6. The number of hydrogen-bond acceptors (Lipinski definition) is 9. The highest BCUT2D eigenvalue weighted by Gasteiger charge is 2.55. The Hall–Kier alpha value is -3.27. The number of carbonyl (C=O) groups excluding carboxylic acids is 2. The first-order valence-corrected chi connectivity index (χ1v) is 19.4. The van der Waals surface area contributed by atoms with Crippen molar-refractivity contribution in [3.63, 3.8) is 0 Å². The zero-order chi connectivity index (χ0) is 38.0. The minimum atomic E-state index is -4.15. The van der Waals surface area contributed by atoms with Gasteiger partial charge in [0.15, 0.2) is 5.66 Å². The Bertz CT molecular complexity index is 1810. The second-order valence-electron chi connectivity index (χ2n) is 14.1. The molecule has 2 aliphatic heterocycles. The zero-order valence-electron chi connectivity index (χ0n) is 30.6. The van der Waals surface area contributed by atoms with E-state index in [-0.39, 0.29) is 35.4 Å². The van der Waals surface area contributed by atoms with Gasteiger partial charge < -0.3 is 15.0 Å². The molecule has 3 N–H and O–H groups in total. The van der Waals surface area contributed by atoms with Crippen LogP contribution in [-0.2, 0) is 30.1 Å². The number of carbonyl (C=O) groups is 2. The van der Waals surface area contributed by atoms with Gasteiger partial charge >= 0.3 is 0 Å². The van der Waals surface area contributed by atoms with Crippen molar-refractivity contribution in [1.82, 2.24) is 30.2 Å². The third-order valence-corrected chi connectivity index (χ3v) is 11.6. The predicted octanol–water partition coefficient (Wildman–Crippen LogP) is 4.77. The minimum absolute atomic E-state index is 0.0428. The summed E-state index contributed by atoms with van der Waals surface area (Å²) in [4.78, 5) is 36.9. The maximum Gasteiger partial charge on any atom is 0.265 e. The lowest BCUT2D eigenvalue weighted by molar-refractivity contribution is -0.141. The van der Waals surface area contributed by atoms with E-state index >= 15 is 4.79 Å². The second kappa shape index (κ2) is 16.0. The number of ether oxygens (including phenoxy) is 1. The van der Waals surface area contributed by atoms with E-state index in [9.17, 15) is 13.2 Å². The SMILES string of the molecule is CCOc1cc(C)c(S(=O)(=O)N(C)OC)cc1C1(C(=O)N2CCN(CC(=O)NC(C)(C)C)CC2)N[C@H](c2ccc(Cl)cc2)[C@H](c2ccc(Cl)cc2)N1. The Morgan fingerprint density at radius 1 is 0.942 bits per heavy atom. The Labute approximate surface area is 316 Å². The molecule has 3 atom stereocenters. The maximum atomic E-state index is 15.3. The molecule has 2 heterocycles. The van der Waals surface area contributed by atoms with Crippen LogP contribution in [0.5, 0.6) is 5.75 Å². The van der Waals surface area contributed by atoms with Crippen LogP contribution in [0.3, 0.4) is 0 Å². The number of amides is 2. The third-order valence-electron chi connectivity index (χ3n) is 9.25. The average molecular weight is 776 g/mol. The molecular formula is C37H48Cl2N6O6S. The van der Waals surface area contributed by atoms with Gasteiger partial charge in [0.1, 0.15) is 5.75 Å². The number of nitrogens with zero attached hydrogens (tertiary/aromatic N) is 3. The van der Waals surface area contributed by atoms with Crippen molar-refractivity contribution in [3.8, 4) is 5.75 Å². The molecule has 2 saturated heterocycles. The molecule has 0 saturated carbocycles.